The van der Waals surface area contributed by atoms with Crippen LogP contribution in [0.25, 0.3) is 11.1 Å². The second-order valence-electron chi connectivity index (χ2n) is 2.31. The zero-order chi connectivity index (χ0) is 8.72. The Morgan fingerprint density at radius 3 is 3.00 bits per heavy atom. The van der Waals surface area contributed by atoms with Gasteiger partial charge in [0.25, 0.3) is 0 Å². The highest BCUT2D eigenvalue weighted by atomic mass is 35.5. The Kier molecular flexibility index (Phi) is 1.66. The van der Waals surface area contributed by atoms with E-state index in [0.717, 1.165) is 0 Å². The van der Waals surface area contributed by atoms with Gasteiger partial charge in [0.15, 0.2) is 5.58 Å². The molecule has 0 aliphatic carbocycles. The fourth-order valence-electron chi connectivity index (χ4n) is 0.961. The van der Waals surface area contributed by atoms with Crippen LogP contribution in [-0.4, -0.2) is 4.98 Å². The van der Waals surface area contributed by atoms with Crippen LogP contribution in [0.5, 0.6) is 0 Å². The Balaban J connectivity index is 2.92. The smallest absolute Gasteiger partial charge is 0.408 e. The van der Waals surface area contributed by atoms with E-state index in [2.05, 4.69) is 17.6 Å². The van der Waals surface area contributed by atoms with Crippen LogP contribution in [0.3, 0.4) is 0 Å². The summed E-state index contributed by atoms with van der Waals surface area (Å²) in [6.45, 7) is 0. The molecule has 2 aromatic rings. The molecule has 0 aliphatic heterocycles. The van der Waals surface area contributed by atoms with E-state index < -0.39 is 5.76 Å². The van der Waals surface area contributed by atoms with Crippen LogP contribution in [0.2, 0.25) is 5.02 Å². The molecule has 0 saturated heterocycles. The summed E-state index contributed by atoms with van der Waals surface area (Å²) >= 11 is 9.83. The minimum Gasteiger partial charge on any atom is -0.408 e. The molecule has 0 atom stereocenters. The molecule has 2 rings (SSSR count). The minimum atomic E-state index is -0.486. The molecule has 0 spiro atoms. The maximum atomic E-state index is 10.7. The Morgan fingerprint density at radius 1 is 1.50 bits per heavy atom. The first kappa shape index (κ1) is 7.76. The number of nitrogens with one attached hydrogen (secondary N) is 1. The van der Waals surface area contributed by atoms with Crippen molar-refractivity contribution in [2.75, 3.05) is 0 Å². The van der Waals surface area contributed by atoms with Crippen molar-refractivity contribution in [2.24, 2.45) is 0 Å². The van der Waals surface area contributed by atoms with E-state index in [0.29, 0.717) is 21.0 Å². The first-order chi connectivity index (χ1) is 5.66. The van der Waals surface area contributed by atoms with Crippen LogP contribution in [0, 0.1) is 0 Å². The first-order valence-corrected chi connectivity index (χ1v) is 4.00. The number of oxazole rings is 1. The lowest BCUT2D eigenvalue weighted by molar-refractivity contribution is 0.555. The number of rotatable bonds is 0. The SMILES string of the molecule is O=c1[nH]c2cc(S)c(Cl)cc2o1. The highest BCUT2D eigenvalue weighted by Gasteiger charge is 2.03. The summed E-state index contributed by atoms with van der Waals surface area (Å²) in [6, 6.07) is 3.20. The number of hydrogen-bond donors (Lipinski definition) is 2. The van der Waals surface area contributed by atoms with E-state index in [9.17, 15) is 4.79 Å². The lowest BCUT2D eigenvalue weighted by Gasteiger charge is -1.93. The van der Waals surface area contributed by atoms with Crippen molar-refractivity contribution in [3.8, 4) is 0 Å². The van der Waals surface area contributed by atoms with Crippen molar-refractivity contribution in [1.29, 1.82) is 0 Å². The van der Waals surface area contributed by atoms with Crippen molar-refractivity contribution in [3.05, 3.63) is 27.7 Å². The molecular weight excluding hydrogens is 198 g/mol. The van der Waals surface area contributed by atoms with Crippen molar-refractivity contribution in [2.45, 2.75) is 4.90 Å². The van der Waals surface area contributed by atoms with E-state index in [-0.39, 0.29) is 0 Å². The molecule has 1 heterocycles. The second kappa shape index (κ2) is 2.57. The molecule has 0 fully saturated rings. The Morgan fingerprint density at radius 2 is 2.25 bits per heavy atom. The van der Waals surface area contributed by atoms with Crippen molar-refractivity contribution < 1.29 is 4.42 Å². The van der Waals surface area contributed by atoms with E-state index in [1.807, 2.05) is 0 Å². The first-order valence-electron chi connectivity index (χ1n) is 3.18. The maximum absolute atomic E-state index is 10.7. The maximum Gasteiger partial charge on any atom is 0.417 e. The molecular formula is C7H4ClNO2S. The number of thiol groups is 1. The highest BCUT2D eigenvalue weighted by Crippen LogP contribution is 2.24. The van der Waals surface area contributed by atoms with Gasteiger partial charge in [0, 0.05) is 11.0 Å². The van der Waals surface area contributed by atoms with Crippen molar-refractivity contribution in [1.82, 2.24) is 4.98 Å². The van der Waals surface area contributed by atoms with Crippen LogP contribution in [-0.2, 0) is 0 Å². The average molecular weight is 202 g/mol. The number of benzene rings is 1. The molecule has 0 amide bonds. The van der Waals surface area contributed by atoms with E-state index in [1.54, 1.807) is 12.1 Å². The monoisotopic (exact) mass is 201 g/mol. The minimum absolute atomic E-state index is 0.447. The predicted octanol–water partition coefficient (Wildman–Crippen LogP) is 2.06. The zero-order valence-corrected chi connectivity index (χ0v) is 7.45. The molecule has 1 aromatic carbocycles. The van der Waals surface area contributed by atoms with Gasteiger partial charge in [-0.05, 0) is 6.07 Å². The van der Waals surface area contributed by atoms with Crippen molar-refractivity contribution in [3.63, 3.8) is 0 Å². The van der Waals surface area contributed by atoms with Gasteiger partial charge < -0.3 is 4.42 Å². The quantitative estimate of drug-likeness (QED) is 0.641. The molecule has 1 N–H and O–H groups in total. The van der Waals surface area contributed by atoms with Crippen LogP contribution in [0.15, 0.2) is 26.2 Å². The van der Waals surface area contributed by atoms with Crippen LogP contribution < -0.4 is 5.76 Å². The number of halogens is 1. The Labute approximate surface area is 77.7 Å². The number of aromatic amines is 1. The van der Waals surface area contributed by atoms with Gasteiger partial charge in [-0.1, -0.05) is 11.6 Å². The molecule has 0 bridgehead atoms. The Bertz CT molecular complexity index is 446. The lowest BCUT2D eigenvalue weighted by atomic mass is 10.3. The summed E-state index contributed by atoms with van der Waals surface area (Å²) in [5.41, 5.74) is 1.05. The molecule has 62 valence electrons. The van der Waals surface area contributed by atoms with Gasteiger partial charge in [-0.15, -0.1) is 12.6 Å². The molecule has 1 aromatic heterocycles. The third-order valence-corrected chi connectivity index (χ3v) is 2.30. The van der Waals surface area contributed by atoms with Gasteiger partial charge >= 0.3 is 5.76 Å². The van der Waals surface area contributed by atoms with Gasteiger partial charge in [0.2, 0.25) is 0 Å². The third kappa shape index (κ3) is 1.13. The Hall–Kier alpha value is -0.870. The normalized spacial score (nSPS) is 10.8. The fraction of sp³-hybridized carbons (Fsp3) is 0. The summed E-state index contributed by atoms with van der Waals surface area (Å²) in [4.78, 5) is 13.8. The lowest BCUT2D eigenvalue weighted by Crippen LogP contribution is -1.92. The van der Waals surface area contributed by atoms with Gasteiger partial charge in [0.1, 0.15) is 0 Å². The van der Waals surface area contributed by atoms with E-state index >= 15 is 0 Å². The third-order valence-electron chi connectivity index (χ3n) is 1.49. The number of fused-ring (bicyclic) bond motifs is 1. The number of aromatic nitrogens is 1. The summed E-state index contributed by atoms with van der Waals surface area (Å²) < 4.78 is 4.77. The second-order valence-corrected chi connectivity index (χ2v) is 3.20. The molecule has 5 heteroatoms. The van der Waals surface area contributed by atoms with Crippen LogP contribution in [0.1, 0.15) is 0 Å². The summed E-state index contributed by atoms with van der Waals surface area (Å²) in [6.07, 6.45) is 0. The largest absolute Gasteiger partial charge is 0.417 e. The number of hydrogen-bond acceptors (Lipinski definition) is 3. The van der Waals surface area contributed by atoms with Gasteiger partial charge in [-0.25, -0.2) is 4.79 Å². The standard InChI is InChI=1S/C7H4ClNO2S/c8-3-1-5-4(2-6(3)12)9-7(10)11-5/h1-2,12H,(H,9,10). The molecule has 3 nitrogen and oxygen atoms in total. The van der Waals surface area contributed by atoms with E-state index in [4.69, 9.17) is 16.0 Å². The molecule has 0 saturated carbocycles. The summed E-state index contributed by atoms with van der Waals surface area (Å²) in [5, 5.41) is 0.466. The van der Waals surface area contributed by atoms with Crippen LogP contribution in [0.4, 0.5) is 0 Å². The molecule has 0 aliphatic rings. The highest BCUT2D eigenvalue weighted by molar-refractivity contribution is 7.80. The molecule has 12 heavy (non-hydrogen) atoms. The predicted molar refractivity (Wildman–Crippen MR) is 49.1 cm³/mol. The number of H-pyrrole nitrogens is 1. The average Bonchev–Trinajstić information content (AvgIpc) is 2.30. The van der Waals surface area contributed by atoms with Gasteiger partial charge in [-0.2, -0.15) is 0 Å². The van der Waals surface area contributed by atoms with Gasteiger partial charge in [0.05, 0.1) is 10.5 Å². The molecule has 0 radical (unpaired) electrons. The zero-order valence-electron chi connectivity index (χ0n) is 5.80. The fourth-order valence-corrected chi connectivity index (χ4v) is 1.31. The summed E-state index contributed by atoms with van der Waals surface area (Å²) in [5.74, 6) is -0.486. The summed E-state index contributed by atoms with van der Waals surface area (Å²) in [7, 11) is 0. The topological polar surface area (TPSA) is 46.0 Å². The molecule has 0 unspecified atom stereocenters. The van der Waals surface area contributed by atoms with Crippen molar-refractivity contribution >= 4 is 35.3 Å². The van der Waals surface area contributed by atoms with E-state index in [1.165, 1.54) is 0 Å². The van der Waals surface area contributed by atoms with Gasteiger partial charge in [-0.3, -0.25) is 4.98 Å². The van der Waals surface area contributed by atoms with Crippen LogP contribution >= 0.6 is 24.2 Å².